The van der Waals surface area contributed by atoms with Crippen molar-refractivity contribution < 1.29 is 8.78 Å². The van der Waals surface area contributed by atoms with Crippen LogP contribution in [0.1, 0.15) is 31.9 Å². The minimum Gasteiger partial charge on any atom is -0.313 e. The topological polar surface area (TPSA) is 12.0 Å². The van der Waals surface area contributed by atoms with Gasteiger partial charge >= 0.3 is 0 Å². The van der Waals surface area contributed by atoms with Gasteiger partial charge in [0.1, 0.15) is 11.6 Å². The summed E-state index contributed by atoms with van der Waals surface area (Å²) in [6.45, 7) is 4.01. The second kappa shape index (κ2) is 5.60. The van der Waals surface area contributed by atoms with E-state index in [0.29, 0.717) is 5.56 Å². The molecule has 0 saturated heterocycles. The van der Waals surface area contributed by atoms with Gasteiger partial charge < -0.3 is 5.32 Å². The average Bonchev–Trinajstić information content (AvgIpc) is 2.26. The maximum atomic E-state index is 13.7. The molecule has 2 unspecified atom stereocenters. The number of halogens is 3. The van der Waals surface area contributed by atoms with Crippen LogP contribution >= 0.6 is 11.6 Å². The normalized spacial score (nSPS) is 14.9. The van der Waals surface area contributed by atoms with Crippen LogP contribution in [-0.4, -0.2) is 7.05 Å². The molecular weight excluding hydrogens is 232 g/mol. The van der Waals surface area contributed by atoms with Gasteiger partial charge in [0.25, 0.3) is 0 Å². The third-order valence-electron chi connectivity index (χ3n) is 2.90. The molecule has 0 heterocycles. The number of hydrogen-bond donors (Lipinski definition) is 1. The lowest BCUT2D eigenvalue weighted by Crippen LogP contribution is -2.24. The fraction of sp³-hybridized carbons (Fsp3) is 0.500. The van der Waals surface area contributed by atoms with Crippen molar-refractivity contribution in [3.63, 3.8) is 0 Å². The number of nitrogens with one attached hydrogen (secondary N) is 1. The van der Waals surface area contributed by atoms with E-state index in [-0.39, 0.29) is 17.0 Å². The van der Waals surface area contributed by atoms with Gasteiger partial charge in [-0.15, -0.1) is 0 Å². The molecular formula is C12H16ClF2N. The van der Waals surface area contributed by atoms with Crippen molar-refractivity contribution in [2.75, 3.05) is 7.05 Å². The molecule has 0 aliphatic heterocycles. The summed E-state index contributed by atoms with van der Waals surface area (Å²) in [6, 6.07) is 2.00. The quantitative estimate of drug-likeness (QED) is 0.795. The smallest absolute Gasteiger partial charge is 0.142 e. The van der Waals surface area contributed by atoms with Gasteiger partial charge in [0, 0.05) is 11.6 Å². The third-order valence-corrected chi connectivity index (χ3v) is 3.19. The van der Waals surface area contributed by atoms with E-state index in [9.17, 15) is 8.78 Å². The Morgan fingerprint density at radius 2 is 1.94 bits per heavy atom. The first-order chi connectivity index (χ1) is 7.51. The molecule has 0 aliphatic rings. The number of hydrogen-bond acceptors (Lipinski definition) is 1. The molecule has 1 aromatic rings. The Bertz CT molecular complexity index is 368. The highest BCUT2D eigenvalue weighted by atomic mass is 35.5. The van der Waals surface area contributed by atoms with Gasteiger partial charge in [-0.25, -0.2) is 8.78 Å². The van der Waals surface area contributed by atoms with E-state index in [2.05, 4.69) is 5.32 Å². The Morgan fingerprint density at radius 1 is 1.31 bits per heavy atom. The van der Waals surface area contributed by atoms with Gasteiger partial charge in [-0.05, 0) is 25.1 Å². The van der Waals surface area contributed by atoms with Gasteiger partial charge in [-0.3, -0.25) is 0 Å². The summed E-state index contributed by atoms with van der Waals surface area (Å²) in [6.07, 6.45) is 0.884. The van der Waals surface area contributed by atoms with Crippen molar-refractivity contribution in [3.8, 4) is 0 Å². The first-order valence-electron chi connectivity index (χ1n) is 5.33. The van der Waals surface area contributed by atoms with Crippen molar-refractivity contribution in [2.45, 2.75) is 26.3 Å². The fourth-order valence-corrected chi connectivity index (χ4v) is 1.91. The van der Waals surface area contributed by atoms with Crippen molar-refractivity contribution >= 4 is 11.6 Å². The molecule has 1 rings (SSSR count). The molecule has 1 N–H and O–H groups in total. The monoisotopic (exact) mass is 247 g/mol. The third kappa shape index (κ3) is 2.71. The average molecular weight is 248 g/mol. The molecule has 16 heavy (non-hydrogen) atoms. The van der Waals surface area contributed by atoms with E-state index in [4.69, 9.17) is 11.6 Å². The lowest BCUT2D eigenvalue weighted by Gasteiger charge is -2.23. The molecule has 0 amide bonds. The van der Waals surface area contributed by atoms with Crippen LogP contribution in [0.5, 0.6) is 0 Å². The van der Waals surface area contributed by atoms with Crippen LogP contribution in [0.4, 0.5) is 8.78 Å². The van der Waals surface area contributed by atoms with Crippen LogP contribution in [0.25, 0.3) is 0 Å². The standard InChI is InChI=1S/C12H16ClF2N/c1-4-7(2)12(16-3)8-5-11(15)9(13)6-10(8)14/h5-7,12,16H,4H2,1-3H3. The van der Waals surface area contributed by atoms with E-state index in [1.165, 1.54) is 6.07 Å². The van der Waals surface area contributed by atoms with Gasteiger partial charge in [0.05, 0.1) is 5.02 Å². The van der Waals surface area contributed by atoms with Gasteiger partial charge in [0.15, 0.2) is 0 Å². The van der Waals surface area contributed by atoms with Crippen LogP contribution in [0.3, 0.4) is 0 Å². The second-order valence-corrected chi connectivity index (χ2v) is 4.35. The van der Waals surface area contributed by atoms with Crippen LogP contribution in [-0.2, 0) is 0 Å². The van der Waals surface area contributed by atoms with Gasteiger partial charge in [-0.1, -0.05) is 31.9 Å². The fourth-order valence-electron chi connectivity index (χ4n) is 1.76. The van der Waals surface area contributed by atoms with E-state index in [1.54, 1.807) is 7.05 Å². The van der Waals surface area contributed by atoms with Crippen molar-refractivity contribution in [3.05, 3.63) is 34.4 Å². The van der Waals surface area contributed by atoms with E-state index < -0.39 is 11.6 Å². The first kappa shape index (κ1) is 13.4. The Kier molecular flexibility index (Phi) is 4.69. The predicted molar refractivity (Wildman–Crippen MR) is 62.6 cm³/mol. The first-order valence-corrected chi connectivity index (χ1v) is 5.70. The molecule has 0 bridgehead atoms. The predicted octanol–water partition coefficient (Wildman–Crippen LogP) is 3.92. The lowest BCUT2D eigenvalue weighted by atomic mass is 9.92. The highest BCUT2D eigenvalue weighted by Crippen LogP contribution is 2.29. The van der Waals surface area contributed by atoms with Crippen LogP contribution in [0.2, 0.25) is 5.02 Å². The molecule has 1 nitrogen and oxygen atoms in total. The zero-order valence-electron chi connectivity index (χ0n) is 9.65. The minimum absolute atomic E-state index is 0.180. The summed E-state index contributed by atoms with van der Waals surface area (Å²) in [5.41, 5.74) is 0.332. The van der Waals surface area contributed by atoms with Gasteiger partial charge in [0.2, 0.25) is 0 Å². The summed E-state index contributed by atoms with van der Waals surface area (Å²) in [5, 5.41) is 2.83. The second-order valence-electron chi connectivity index (χ2n) is 3.94. The molecule has 0 spiro atoms. The molecule has 90 valence electrons. The molecule has 0 radical (unpaired) electrons. The van der Waals surface area contributed by atoms with Crippen LogP contribution in [0.15, 0.2) is 12.1 Å². The van der Waals surface area contributed by atoms with Crippen molar-refractivity contribution in [2.24, 2.45) is 5.92 Å². The molecule has 0 saturated carbocycles. The number of benzene rings is 1. The Balaban J connectivity index is 3.15. The Hall–Kier alpha value is -0.670. The molecule has 0 aliphatic carbocycles. The highest BCUT2D eigenvalue weighted by Gasteiger charge is 2.21. The van der Waals surface area contributed by atoms with E-state index >= 15 is 0 Å². The van der Waals surface area contributed by atoms with E-state index in [1.807, 2.05) is 13.8 Å². The molecule has 2 atom stereocenters. The van der Waals surface area contributed by atoms with Crippen LogP contribution in [0, 0.1) is 17.6 Å². The Labute approximate surface area is 99.8 Å². The molecule has 0 fully saturated rings. The maximum absolute atomic E-state index is 13.7. The lowest BCUT2D eigenvalue weighted by molar-refractivity contribution is 0.385. The largest absolute Gasteiger partial charge is 0.313 e. The van der Waals surface area contributed by atoms with Crippen molar-refractivity contribution in [1.29, 1.82) is 0 Å². The molecule has 0 aromatic heterocycles. The molecule has 1 aromatic carbocycles. The van der Waals surface area contributed by atoms with Crippen molar-refractivity contribution in [1.82, 2.24) is 5.32 Å². The van der Waals surface area contributed by atoms with Gasteiger partial charge in [-0.2, -0.15) is 0 Å². The SMILES string of the molecule is CCC(C)C(NC)c1cc(F)c(Cl)cc1F. The summed E-state index contributed by atoms with van der Waals surface area (Å²) in [4.78, 5) is 0. The summed E-state index contributed by atoms with van der Waals surface area (Å²) >= 11 is 5.51. The Morgan fingerprint density at radius 3 is 2.44 bits per heavy atom. The zero-order valence-corrected chi connectivity index (χ0v) is 10.4. The summed E-state index contributed by atoms with van der Waals surface area (Å²) < 4.78 is 27.0. The highest BCUT2D eigenvalue weighted by molar-refractivity contribution is 6.30. The molecule has 4 heteroatoms. The number of rotatable bonds is 4. The van der Waals surface area contributed by atoms with E-state index in [0.717, 1.165) is 12.5 Å². The summed E-state index contributed by atoms with van der Waals surface area (Å²) in [5.74, 6) is -0.826. The minimum atomic E-state index is -0.582. The maximum Gasteiger partial charge on any atom is 0.142 e. The summed E-state index contributed by atoms with van der Waals surface area (Å²) in [7, 11) is 1.74. The van der Waals surface area contributed by atoms with Crippen LogP contribution < -0.4 is 5.32 Å². The zero-order chi connectivity index (χ0) is 12.3.